The zero-order chi connectivity index (χ0) is 15.4. The lowest BCUT2D eigenvalue weighted by Crippen LogP contribution is -2.26. The van der Waals surface area contributed by atoms with E-state index in [1.165, 1.54) is 12.1 Å². The van der Waals surface area contributed by atoms with Gasteiger partial charge in [0.1, 0.15) is 11.6 Å². The molecular formula is C15H14Br2F2N2. The predicted octanol–water partition coefficient (Wildman–Crippen LogP) is 4.97. The molecule has 0 aliphatic rings. The molecule has 1 aromatic carbocycles. The number of hydrogen-bond acceptors (Lipinski definition) is 2. The summed E-state index contributed by atoms with van der Waals surface area (Å²) in [5.74, 6) is -1.21. The van der Waals surface area contributed by atoms with Crippen molar-refractivity contribution < 1.29 is 8.78 Å². The van der Waals surface area contributed by atoms with Crippen molar-refractivity contribution in [3.8, 4) is 0 Å². The van der Waals surface area contributed by atoms with Crippen LogP contribution in [0.15, 0.2) is 39.4 Å². The minimum absolute atomic E-state index is 0.0303. The molecule has 0 fully saturated rings. The fourth-order valence-corrected chi connectivity index (χ4v) is 2.87. The van der Waals surface area contributed by atoms with E-state index < -0.39 is 17.7 Å². The molecule has 1 N–H and O–H groups in total. The average molecular weight is 420 g/mol. The molecule has 21 heavy (non-hydrogen) atoms. The van der Waals surface area contributed by atoms with Gasteiger partial charge in [-0.2, -0.15) is 0 Å². The second-order valence-electron chi connectivity index (χ2n) is 4.51. The molecule has 2 rings (SSSR count). The van der Waals surface area contributed by atoms with Gasteiger partial charge in [0.05, 0.1) is 16.2 Å². The Hall–Kier alpha value is -0.850. The van der Waals surface area contributed by atoms with Crippen LogP contribution in [0, 0.1) is 11.6 Å². The van der Waals surface area contributed by atoms with Gasteiger partial charge < -0.3 is 5.32 Å². The summed E-state index contributed by atoms with van der Waals surface area (Å²) in [5.41, 5.74) is 0.527. The molecule has 0 aliphatic carbocycles. The monoisotopic (exact) mass is 418 g/mol. The van der Waals surface area contributed by atoms with Crippen LogP contribution in [0.2, 0.25) is 0 Å². The first kappa shape index (κ1) is 16.5. The molecular weight excluding hydrogens is 406 g/mol. The number of nitrogens with one attached hydrogen (secondary N) is 1. The second-order valence-corrected chi connectivity index (χ2v) is 6.22. The molecule has 0 bridgehead atoms. The second kappa shape index (κ2) is 7.42. The third kappa shape index (κ3) is 3.67. The van der Waals surface area contributed by atoms with E-state index in [1.54, 1.807) is 18.3 Å². The first-order valence-corrected chi connectivity index (χ1v) is 8.12. The molecule has 0 amide bonds. The summed E-state index contributed by atoms with van der Waals surface area (Å²) in [4.78, 5) is 4.26. The first-order chi connectivity index (χ1) is 10.1. The zero-order valence-electron chi connectivity index (χ0n) is 11.3. The van der Waals surface area contributed by atoms with Crippen molar-refractivity contribution in [2.24, 2.45) is 0 Å². The van der Waals surface area contributed by atoms with Crippen LogP contribution in [-0.4, -0.2) is 11.5 Å². The maximum absolute atomic E-state index is 14.4. The highest BCUT2D eigenvalue weighted by Gasteiger charge is 2.25. The van der Waals surface area contributed by atoms with Crippen molar-refractivity contribution in [3.05, 3.63) is 62.3 Å². The van der Waals surface area contributed by atoms with Crippen molar-refractivity contribution in [1.29, 1.82) is 0 Å². The Bertz CT molecular complexity index is 635. The van der Waals surface area contributed by atoms with Gasteiger partial charge >= 0.3 is 0 Å². The van der Waals surface area contributed by atoms with Crippen LogP contribution in [-0.2, 0) is 0 Å². The summed E-state index contributed by atoms with van der Waals surface area (Å²) in [7, 11) is 0. The highest BCUT2D eigenvalue weighted by molar-refractivity contribution is 9.10. The van der Waals surface area contributed by atoms with Gasteiger partial charge in [0.25, 0.3) is 0 Å². The van der Waals surface area contributed by atoms with Gasteiger partial charge in [0.2, 0.25) is 0 Å². The molecule has 0 saturated heterocycles. The van der Waals surface area contributed by atoms with Crippen LogP contribution in [0.3, 0.4) is 0 Å². The van der Waals surface area contributed by atoms with E-state index in [4.69, 9.17) is 0 Å². The van der Waals surface area contributed by atoms with E-state index in [-0.39, 0.29) is 10.0 Å². The van der Waals surface area contributed by atoms with Gasteiger partial charge in [0, 0.05) is 16.2 Å². The Labute approximate surface area is 139 Å². The molecule has 0 spiro atoms. The molecule has 6 heteroatoms. The Morgan fingerprint density at radius 1 is 1.19 bits per heavy atom. The van der Waals surface area contributed by atoms with E-state index in [0.717, 1.165) is 6.42 Å². The molecule has 1 aromatic heterocycles. The largest absolute Gasteiger partial charge is 0.305 e. The van der Waals surface area contributed by atoms with Gasteiger partial charge in [-0.3, -0.25) is 4.98 Å². The first-order valence-electron chi connectivity index (χ1n) is 6.53. The summed E-state index contributed by atoms with van der Waals surface area (Å²) < 4.78 is 29.5. The van der Waals surface area contributed by atoms with E-state index >= 15 is 0 Å². The van der Waals surface area contributed by atoms with Crippen molar-refractivity contribution in [2.45, 2.75) is 19.4 Å². The lowest BCUT2D eigenvalue weighted by Gasteiger charge is -2.21. The fourth-order valence-electron chi connectivity index (χ4n) is 2.04. The van der Waals surface area contributed by atoms with Crippen LogP contribution in [0.4, 0.5) is 8.78 Å². The molecule has 1 heterocycles. The van der Waals surface area contributed by atoms with Gasteiger partial charge in [-0.15, -0.1) is 0 Å². The van der Waals surface area contributed by atoms with E-state index in [2.05, 4.69) is 42.2 Å². The van der Waals surface area contributed by atoms with E-state index in [0.29, 0.717) is 16.7 Å². The molecule has 112 valence electrons. The quantitative estimate of drug-likeness (QED) is 0.691. The van der Waals surface area contributed by atoms with Crippen molar-refractivity contribution >= 4 is 31.9 Å². The summed E-state index contributed by atoms with van der Waals surface area (Å²) >= 11 is 6.50. The maximum Gasteiger partial charge on any atom is 0.145 e. The van der Waals surface area contributed by atoms with Gasteiger partial charge in [-0.1, -0.05) is 6.92 Å². The highest BCUT2D eigenvalue weighted by atomic mass is 79.9. The summed E-state index contributed by atoms with van der Waals surface area (Å²) in [6, 6.07) is 5.52. The van der Waals surface area contributed by atoms with E-state index in [1.807, 2.05) is 6.92 Å². The van der Waals surface area contributed by atoms with Crippen molar-refractivity contribution in [2.75, 3.05) is 6.54 Å². The number of halogens is 4. The van der Waals surface area contributed by atoms with Gasteiger partial charge in [-0.25, -0.2) is 8.78 Å². The molecule has 1 unspecified atom stereocenters. The number of aromatic nitrogens is 1. The molecule has 1 atom stereocenters. The smallest absolute Gasteiger partial charge is 0.145 e. The van der Waals surface area contributed by atoms with Crippen LogP contribution < -0.4 is 5.32 Å². The fraction of sp³-hybridized carbons (Fsp3) is 0.267. The Kier molecular flexibility index (Phi) is 5.84. The molecule has 2 nitrogen and oxygen atoms in total. The van der Waals surface area contributed by atoms with Crippen LogP contribution in [0.5, 0.6) is 0 Å². The molecule has 0 aliphatic heterocycles. The number of nitrogens with zero attached hydrogens (tertiary/aromatic N) is 1. The normalized spacial score (nSPS) is 12.4. The standard InChI is InChI=1S/C15H14Br2F2N2/c1-2-7-20-15(14-10(17)4-3-8-21-14)12-11(18)6-5-9(16)13(12)19/h3-6,8,15,20H,2,7H2,1H3. The number of hydrogen-bond donors (Lipinski definition) is 1. The van der Waals surface area contributed by atoms with Crippen molar-refractivity contribution in [3.63, 3.8) is 0 Å². The SMILES string of the molecule is CCCNC(c1ncccc1Br)c1c(F)ccc(Br)c1F. The summed E-state index contributed by atoms with van der Waals surface area (Å²) in [5, 5.41) is 3.16. The van der Waals surface area contributed by atoms with E-state index in [9.17, 15) is 8.78 Å². The van der Waals surface area contributed by atoms with Crippen LogP contribution in [0.1, 0.15) is 30.6 Å². The Morgan fingerprint density at radius 3 is 2.62 bits per heavy atom. The average Bonchev–Trinajstić information content (AvgIpc) is 2.47. The number of pyridine rings is 1. The van der Waals surface area contributed by atoms with Crippen LogP contribution in [0.25, 0.3) is 0 Å². The minimum Gasteiger partial charge on any atom is -0.305 e. The zero-order valence-corrected chi connectivity index (χ0v) is 14.5. The number of benzene rings is 1. The molecule has 2 aromatic rings. The predicted molar refractivity (Wildman–Crippen MR) is 86.1 cm³/mol. The van der Waals surface area contributed by atoms with Crippen molar-refractivity contribution in [1.82, 2.24) is 10.3 Å². The van der Waals surface area contributed by atoms with Gasteiger partial charge in [-0.05, 0) is 69.1 Å². The molecule has 0 saturated carbocycles. The minimum atomic E-state index is -0.655. The third-order valence-corrected chi connectivity index (χ3v) is 4.31. The third-order valence-electron chi connectivity index (χ3n) is 3.03. The lowest BCUT2D eigenvalue weighted by atomic mass is 10.0. The Morgan fingerprint density at radius 2 is 1.95 bits per heavy atom. The number of rotatable bonds is 5. The highest BCUT2D eigenvalue weighted by Crippen LogP contribution is 2.32. The Balaban J connectivity index is 2.56. The molecule has 0 radical (unpaired) electrons. The van der Waals surface area contributed by atoms with Crippen LogP contribution >= 0.6 is 31.9 Å². The maximum atomic E-state index is 14.4. The van der Waals surface area contributed by atoms with Gasteiger partial charge in [0.15, 0.2) is 0 Å². The summed E-state index contributed by atoms with van der Waals surface area (Å²) in [6.07, 6.45) is 2.45. The topological polar surface area (TPSA) is 24.9 Å². The lowest BCUT2D eigenvalue weighted by molar-refractivity contribution is 0.494. The summed E-state index contributed by atoms with van der Waals surface area (Å²) in [6.45, 7) is 2.62.